The topological polar surface area (TPSA) is 13.1 Å². The summed E-state index contributed by atoms with van der Waals surface area (Å²) in [6.45, 7) is 2.10. The van der Waals surface area contributed by atoms with Crippen molar-refractivity contribution in [2.45, 2.75) is 45.4 Å². The Bertz CT molecular complexity index is 1080. The molecule has 0 saturated heterocycles. The molecular formula is C29H28Cl2OZr-2. The second kappa shape index (κ2) is 14.0. The van der Waals surface area contributed by atoms with Crippen molar-refractivity contribution in [3.05, 3.63) is 102 Å². The summed E-state index contributed by atoms with van der Waals surface area (Å²) in [5, 5.41) is 0. The third-order valence-electron chi connectivity index (χ3n) is 5.94. The van der Waals surface area contributed by atoms with E-state index in [0.717, 1.165) is 12.0 Å². The van der Waals surface area contributed by atoms with E-state index in [1.54, 1.807) is 40.0 Å². The van der Waals surface area contributed by atoms with Gasteiger partial charge < -0.3 is 29.2 Å². The Morgan fingerprint density at radius 2 is 1.64 bits per heavy atom. The third-order valence-corrected chi connectivity index (χ3v) is 7.17. The summed E-state index contributed by atoms with van der Waals surface area (Å²) in [4.78, 5) is 0. The van der Waals surface area contributed by atoms with E-state index in [9.17, 15) is 0 Å². The molecular weight excluding hydrogens is 526 g/mol. The van der Waals surface area contributed by atoms with E-state index in [1.807, 2.05) is 12.1 Å². The number of halogens is 2. The van der Waals surface area contributed by atoms with Crippen molar-refractivity contribution in [2.24, 2.45) is 0 Å². The number of hydrogen-bond donors (Lipinski definition) is 0. The van der Waals surface area contributed by atoms with Gasteiger partial charge in [-0.3, -0.25) is 0 Å². The van der Waals surface area contributed by atoms with Crippen LogP contribution in [0.25, 0.3) is 22.3 Å². The summed E-state index contributed by atoms with van der Waals surface area (Å²) >= 11 is 1.69. The van der Waals surface area contributed by atoms with Gasteiger partial charge in [0.2, 0.25) is 0 Å². The van der Waals surface area contributed by atoms with E-state index in [2.05, 4.69) is 67.6 Å². The summed E-state index contributed by atoms with van der Waals surface area (Å²) in [7, 11) is 0. The normalized spacial score (nSPS) is 13.1. The van der Waals surface area contributed by atoms with E-state index in [1.165, 1.54) is 65.5 Å². The molecule has 0 bridgehead atoms. The Kier molecular flexibility index (Phi) is 11.7. The van der Waals surface area contributed by atoms with Crippen LogP contribution < -0.4 is 24.8 Å². The van der Waals surface area contributed by atoms with Crippen LogP contribution in [0.4, 0.5) is 0 Å². The molecule has 1 nitrogen and oxygen atoms in total. The molecule has 0 amide bonds. The van der Waals surface area contributed by atoms with Crippen LogP contribution in [0.1, 0.15) is 48.8 Å². The first kappa shape index (κ1) is 27.6. The summed E-state index contributed by atoms with van der Waals surface area (Å²) < 4.78 is 6.80. The van der Waals surface area contributed by atoms with Crippen molar-refractivity contribution >= 4 is 3.21 Å². The van der Waals surface area contributed by atoms with Crippen LogP contribution in [0.15, 0.2) is 83.7 Å². The van der Waals surface area contributed by atoms with Gasteiger partial charge in [0.15, 0.2) is 0 Å². The van der Waals surface area contributed by atoms with Gasteiger partial charge >= 0.3 is 59.5 Å². The zero-order chi connectivity index (χ0) is 21.5. The van der Waals surface area contributed by atoms with Crippen LogP contribution in [-0.4, -0.2) is 3.21 Å². The minimum Gasteiger partial charge on any atom is -0.179 e. The van der Waals surface area contributed by atoms with Crippen molar-refractivity contribution in [1.82, 2.24) is 0 Å². The van der Waals surface area contributed by atoms with E-state index >= 15 is 0 Å². The third kappa shape index (κ3) is 7.44. The van der Waals surface area contributed by atoms with E-state index < -0.39 is 0 Å². The minimum atomic E-state index is 0. The maximum absolute atomic E-state index is 4.99. The average molecular weight is 555 g/mol. The van der Waals surface area contributed by atoms with Gasteiger partial charge in [-0.15, -0.1) is 23.3 Å². The molecule has 4 aromatic rings. The van der Waals surface area contributed by atoms with Gasteiger partial charge in [-0.05, 0) is 6.42 Å². The van der Waals surface area contributed by atoms with Gasteiger partial charge in [0.25, 0.3) is 0 Å². The number of rotatable bonds is 1. The second-order valence-electron chi connectivity index (χ2n) is 8.19. The summed E-state index contributed by atoms with van der Waals surface area (Å²) in [6, 6.07) is 26.3. The minimum absolute atomic E-state index is 0. The maximum atomic E-state index is 4.99. The predicted octanol–water partition coefficient (Wildman–Crippen LogP) is 1.71. The molecule has 1 heterocycles. The molecule has 1 saturated carbocycles. The number of hydrogen-bond acceptors (Lipinski definition) is 1. The first-order chi connectivity index (χ1) is 15.2. The molecule has 0 atom stereocenters. The van der Waals surface area contributed by atoms with Gasteiger partial charge in [-0.1, -0.05) is 59.5 Å². The Morgan fingerprint density at radius 3 is 2.27 bits per heavy atom. The van der Waals surface area contributed by atoms with Crippen molar-refractivity contribution in [3.8, 4) is 22.3 Å². The molecule has 6 rings (SSSR count). The second-order valence-corrected chi connectivity index (χ2v) is 9.93. The molecule has 1 aromatic heterocycles. The molecule has 0 unspecified atom stereocenters. The quantitative estimate of drug-likeness (QED) is 0.288. The Morgan fingerprint density at radius 1 is 0.879 bits per heavy atom. The molecule has 0 N–H and O–H groups in total. The summed E-state index contributed by atoms with van der Waals surface area (Å²) in [5.74, 6) is 0. The molecule has 0 radical (unpaired) electrons. The van der Waals surface area contributed by atoms with Gasteiger partial charge in [0.1, 0.15) is 0 Å². The predicted molar refractivity (Wildman–Crippen MR) is 126 cm³/mol. The zero-order valence-corrected chi connectivity index (χ0v) is 22.9. The largest absolute Gasteiger partial charge is 0.179 e. The van der Waals surface area contributed by atoms with E-state index in [0.29, 0.717) is 0 Å². The smallest absolute Gasteiger partial charge is 0.0253 e. The van der Waals surface area contributed by atoms with Gasteiger partial charge in [0, 0.05) is 12.5 Å². The van der Waals surface area contributed by atoms with Crippen molar-refractivity contribution in [2.75, 3.05) is 0 Å². The first-order valence-electron chi connectivity index (χ1n) is 11.1. The van der Waals surface area contributed by atoms with Crippen LogP contribution >= 0.6 is 0 Å². The van der Waals surface area contributed by atoms with Crippen molar-refractivity contribution < 1.29 is 53.5 Å². The fourth-order valence-corrected chi connectivity index (χ4v) is 5.10. The van der Waals surface area contributed by atoms with E-state index in [-0.39, 0.29) is 24.8 Å². The summed E-state index contributed by atoms with van der Waals surface area (Å²) in [5.41, 5.74) is 9.23. The SMILES string of the molecule is Cc1ccc[c-]1-c1ccoc1.[Cl-].[Cl-].[Zr+2]=[C]1CCCCC1.[c-]1cccc2c1Cc1ccccc1-2. The average Bonchev–Trinajstić information content (AvgIpc) is 3.55. The summed E-state index contributed by atoms with van der Waals surface area (Å²) in [6.07, 6.45) is 11.8. The Hall–Kier alpha value is -1.60. The fraction of sp³-hybridized carbons (Fsp3) is 0.241. The molecule has 0 aliphatic heterocycles. The molecule has 4 heteroatoms. The molecule has 1 fully saturated rings. The molecule has 33 heavy (non-hydrogen) atoms. The molecule has 2 aliphatic carbocycles. The maximum Gasteiger partial charge on any atom is -0.0253 e. The van der Waals surface area contributed by atoms with Crippen LogP contribution in [0, 0.1) is 13.0 Å². The van der Waals surface area contributed by atoms with Crippen molar-refractivity contribution in [3.63, 3.8) is 0 Å². The van der Waals surface area contributed by atoms with Gasteiger partial charge in [0.05, 0.1) is 0 Å². The van der Waals surface area contributed by atoms with Crippen LogP contribution in [-0.2, 0) is 30.7 Å². The van der Waals surface area contributed by atoms with Crippen LogP contribution in [0.3, 0.4) is 0 Å². The fourth-order valence-electron chi connectivity index (χ4n) is 4.23. The van der Waals surface area contributed by atoms with Crippen molar-refractivity contribution in [1.29, 1.82) is 0 Å². The molecule has 0 spiro atoms. The van der Waals surface area contributed by atoms with Gasteiger partial charge in [-0.25, -0.2) is 0 Å². The van der Waals surface area contributed by atoms with Crippen LogP contribution in [0.5, 0.6) is 0 Å². The standard InChI is InChI=1S/C13H9.C10H9O.C6H10.2ClH.Zr/c1-3-7-12-10(5-1)9-11-6-2-4-8-13(11)12;1-8-3-2-4-10(8)9-5-6-11-7-9;1-2-4-6-5-3-1;;;/h1-5,7-8H,9H2;2-7H,1H3;1-5H2;2*1H;/q2*-1;;;;+2/p-2. The number of benzene rings is 2. The molecule has 3 aromatic carbocycles. The van der Waals surface area contributed by atoms with E-state index in [4.69, 9.17) is 4.42 Å². The zero-order valence-electron chi connectivity index (χ0n) is 18.9. The molecule has 2 aliphatic rings. The Labute approximate surface area is 225 Å². The number of furan rings is 1. The van der Waals surface area contributed by atoms with Gasteiger partial charge in [-0.2, -0.15) is 35.9 Å². The number of aryl methyl sites for hydroxylation is 1. The number of fused-ring (bicyclic) bond motifs is 3. The first-order valence-corrected chi connectivity index (χ1v) is 12.3. The monoisotopic (exact) mass is 552 g/mol. The van der Waals surface area contributed by atoms with Crippen LogP contribution in [0.2, 0.25) is 0 Å². The Balaban J connectivity index is 0.000000177. The molecule has 170 valence electrons.